The van der Waals surface area contributed by atoms with Crippen molar-refractivity contribution in [3.8, 4) is 0 Å². The molecule has 0 bridgehead atoms. The van der Waals surface area contributed by atoms with Crippen molar-refractivity contribution in [2.45, 2.75) is 33.2 Å². The number of nitrogens with one attached hydrogen (secondary N) is 1. The number of urea groups is 1. The quantitative estimate of drug-likeness (QED) is 0.819. The summed E-state index contributed by atoms with van der Waals surface area (Å²) in [6.07, 6.45) is -0.285. The maximum absolute atomic E-state index is 11.8. The number of nitrogens with zero attached hydrogens (tertiary/aromatic N) is 2. The van der Waals surface area contributed by atoms with Gasteiger partial charge in [0, 0.05) is 0 Å². The van der Waals surface area contributed by atoms with Crippen LogP contribution in [0.1, 0.15) is 35.0 Å². The highest BCUT2D eigenvalue weighted by molar-refractivity contribution is 7.11. The van der Waals surface area contributed by atoms with Gasteiger partial charge in [-0.25, -0.2) is 9.78 Å². The molecule has 2 heterocycles. The zero-order valence-corrected chi connectivity index (χ0v) is 11.1. The van der Waals surface area contributed by atoms with Crippen molar-refractivity contribution in [2.75, 3.05) is 0 Å². The number of barbiturate groups is 1. The van der Waals surface area contributed by atoms with Gasteiger partial charge < -0.3 is 0 Å². The Morgan fingerprint density at radius 1 is 1.33 bits per heavy atom. The second-order valence-corrected chi connectivity index (χ2v) is 5.39. The number of aryl methyl sites for hydroxylation is 2. The summed E-state index contributed by atoms with van der Waals surface area (Å²) in [5.74, 6) is -1.02. The van der Waals surface area contributed by atoms with Gasteiger partial charge in [0.1, 0.15) is 6.42 Å². The average molecular weight is 267 g/mol. The first-order valence-corrected chi connectivity index (χ1v) is 6.31. The zero-order chi connectivity index (χ0) is 13.4. The molecule has 0 radical (unpaired) electrons. The number of thiazole rings is 1. The average Bonchev–Trinajstić information content (AvgIpc) is 2.56. The van der Waals surface area contributed by atoms with Crippen LogP contribution in [-0.2, 0) is 9.59 Å². The molecule has 1 N–H and O–H groups in total. The molecule has 1 aliphatic heterocycles. The van der Waals surface area contributed by atoms with Gasteiger partial charge in [-0.1, -0.05) is 0 Å². The number of imide groups is 2. The highest BCUT2D eigenvalue weighted by Crippen LogP contribution is 2.30. The minimum atomic E-state index is -0.658. The van der Waals surface area contributed by atoms with Gasteiger partial charge >= 0.3 is 6.03 Å². The Morgan fingerprint density at radius 3 is 2.50 bits per heavy atom. The first kappa shape index (κ1) is 12.7. The fraction of sp³-hybridized carbons (Fsp3) is 0.455. The van der Waals surface area contributed by atoms with Crippen molar-refractivity contribution in [3.63, 3.8) is 0 Å². The molecule has 1 aromatic rings. The van der Waals surface area contributed by atoms with Crippen molar-refractivity contribution >= 4 is 29.2 Å². The van der Waals surface area contributed by atoms with E-state index in [2.05, 4.69) is 10.3 Å². The van der Waals surface area contributed by atoms with Crippen molar-refractivity contribution in [3.05, 3.63) is 15.6 Å². The Hall–Kier alpha value is -1.76. The first-order chi connectivity index (χ1) is 8.40. The lowest BCUT2D eigenvalue weighted by atomic mass is 10.1. The Bertz CT molecular complexity index is 518. The van der Waals surface area contributed by atoms with Crippen LogP contribution in [0.5, 0.6) is 0 Å². The third kappa shape index (κ3) is 2.13. The molecule has 0 aromatic carbocycles. The third-order valence-electron chi connectivity index (χ3n) is 2.75. The normalized spacial score (nSPS) is 17.9. The fourth-order valence-corrected chi connectivity index (χ4v) is 2.97. The van der Waals surface area contributed by atoms with Crippen LogP contribution in [0, 0.1) is 13.8 Å². The third-order valence-corrected chi connectivity index (χ3v) is 3.99. The largest absolute Gasteiger partial charge is 0.331 e. The molecular weight excluding hydrogens is 254 g/mol. The lowest BCUT2D eigenvalue weighted by Gasteiger charge is -2.29. The van der Waals surface area contributed by atoms with Crippen LogP contribution in [0.25, 0.3) is 0 Å². The molecule has 1 unspecified atom stereocenters. The van der Waals surface area contributed by atoms with E-state index in [1.54, 1.807) is 6.92 Å². The summed E-state index contributed by atoms with van der Waals surface area (Å²) in [4.78, 5) is 40.8. The molecule has 6 nitrogen and oxygen atoms in total. The van der Waals surface area contributed by atoms with Gasteiger partial charge in [0.05, 0.1) is 21.6 Å². The van der Waals surface area contributed by atoms with E-state index < -0.39 is 23.9 Å². The number of hydrogen-bond donors (Lipinski definition) is 1. The van der Waals surface area contributed by atoms with Crippen molar-refractivity contribution in [1.29, 1.82) is 0 Å². The minimum Gasteiger partial charge on any atom is -0.277 e. The number of hydrogen-bond acceptors (Lipinski definition) is 5. The summed E-state index contributed by atoms with van der Waals surface area (Å²) in [5, 5.41) is 3.03. The number of carbonyl (C=O) groups is 3. The maximum atomic E-state index is 11.8. The summed E-state index contributed by atoms with van der Waals surface area (Å²) < 4.78 is 0. The summed E-state index contributed by atoms with van der Waals surface area (Å²) in [5.41, 5.74) is 0.808. The highest BCUT2D eigenvalue weighted by atomic mass is 32.1. The molecular formula is C11H13N3O3S. The zero-order valence-electron chi connectivity index (χ0n) is 10.3. The summed E-state index contributed by atoms with van der Waals surface area (Å²) in [6, 6.07) is -1.06. The fourth-order valence-electron chi connectivity index (χ4n) is 2.00. The lowest BCUT2D eigenvalue weighted by Crippen LogP contribution is -2.53. The summed E-state index contributed by atoms with van der Waals surface area (Å²) in [6.45, 7) is 5.47. The van der Waals surface area contributed by atoms with E-state index in [1.807, 2.05) is 13.8 Å². The van der Waals surface area contributed by atoms with Gasteiger partial charge in [0.25, 0.3) is 0 Å². The Morgan fingerprint density at radius 2 is 2.00 bits per heavy atom. The Labute approximate surface area is 108 Å². The molecule has 0 spiro atoms. The molecule has 2 rings (SSSR count). The van der Waals surface area contributed by atoms with E-state index in [-0.39, 0.29) is 6.42 Å². The van der Waals surface area contributed by atoms with E-state index in [9.17, 15) is 14.4 Å². The summed E-state index contributed by atoms with van der Waals surface area (Å²) >= 11 is 1.45. The minimum absolute atomic E-state index is 0.285. The molecule has 1 fully saturated rings. The Balaban J connectivity index is 2.30. The predicted molar refractivity (Wildman–Crippen MR) is 65.0 cm³/mol. The van der Waals surface area contributed by atoms with Crippen LogP contribution in [0.2, 0.25) is 0 Å². The standard InChI is InChI=1S/C11H13N3O3S/c1-5-10(18-7(3)12-5)6(2)14-9(16)4-8(15)13-11(14)17/h6H,4H2,1-3H3,(H,13,15,17). The van der Waals surface area contributed by atoms with Gasteiger partial charge in [0.2, 0.25) is 11.8 Å². The number of amides is 4. The van der Waals surface area contributed by atoms with Crippen molar-refractivity contribution < 1.29 is 14.4 Å². The molecule has 1 atom stereocenters. The highest BCUT2D eigenvalue weighted by Gasteiger charge is 2.36. The van der Waals surface area contributed by atoms with E-state index in [0.29, 0.717) is 0 Å². The van der Waals surface area contributed by atoms with Crippen LogP contribution in [0.15, 0.2) is 0 Å². The van der Waals surface area contributed by atoms with E-state index in [4.69, 9.17) is 0 Å². The van der Waals surface area contributed by atoms with Gasteiger partial charge in [0.15, 0.2) is 0 Å². The van der Waals surface area contributed by atoms with Gasteiger partial charge in [-0.05, 0) is 20.8 Å². The van der Waals surface area contributed by atoms with E-state index in [1.165, 1.54) is 11.3 Å². The van der Waals surface area contributed by atoms with Crippen LogP contribution < -0.4 is 5.32 Å². The molecule has 96 valence electrons. The number of aromatic nitrogens is 1. The topological polar surface area (TPSA) is 79.4 Å². The Kier molecular flexibility index (Phi) is 3.16. The SMILES string of the molecule is Cc1nc(C)c(C(C)N2C(=O)CC(=O)NC2=O)s1. The van der Waals surface area contributed by atoms with E-state index in [0.717, 1.165) is 20.5 Å². The molecule has 7 heteroatoms. The molecule has 1 aliphatic rings. The predicted octanol–water partition coefficient (Wildman–Crippen LogP) is 1.29. The smallest absolute Gasteiger partial charge is 0.277 e. The van der Waals surface area contributed by atoms with Crippen LogP contribution in [-0.4, -0.2) is 27.7 Å². The molecule has 18 heavy (non-hydrogen) atoms. The van der Waals surface area contributed by atoms with E-state index >= 15 is 0 Å². The van der Waals surface area contributed by atoms with Crippen molar-refractivity contribution in [1.82, 2.24) is 15.2 Å². The monoisotopic (exact) mass is 267 g/mol. The second kappa shape index (κ2) is 4.49. The molecule has 1 aromatic heterocycles. The van der Waals surface area contributed by atoms with Crippen LogP contribution >= 0.6 is 11.3 Å². The lowest BCUT2D eigenvalue weighted by molar-refractivity contribution is -0.137. The van der Waals surface area contributed by atoms with Gasteiger partial charge in [-0.3, -0.25) is 19.8 Å². The van der Waals surface area contributed by atoms with Gasteiger partial charge in [-0.2, -0.15) is 0 Å². The van der Waals surface area contributed by atoms with Crippen LogP contribution in [0.4, 0.5) is 4.79 Å². The maximum Gasteiger partial charge on any atom is 0.331 e. The molecule has 4 amide bonds. The molecule has 0 aliphatic carbocycles. The number of rotatable bonds is 2. The molecule has 0 saturated carbocycles. The van der Waals surface area contributed by atoms with Crippen molar-refractivity contribution in [2.24, 2.45) is 0 Å². The van der Waals surface area contributed by atoms with Crippen LogP contribution in [0.3, 0.4) is 0 Å². The number of carbonyl (C=O) groups excluding carboxylic acids is 3. The summed E-state index contributed by atoms with van der Waals surface area (Å²) in [7, 11) is 0. The van der Waals surface area contributed by atoms with Gasteiger partial charge in [-0.15, -0.1) is 11.3 Å². The first-order valence-electron chi connectivity index (χ1n) is 5.50. The molecule has 1 saturated heterocycles. The second-order valence-electron chi connectivity index (χ2n) is 4.15.